The Morgan fingerprint density at radius 2 is 1.84 bits per heavy atom. The minimum Gasteiger partial charge on any atom is -0.484 e. The molecule has 0 saturated carbocycles. The molecule has 0 aliphatic heterocycles. The van der Waals surface area contributed by atoms with Crippen LogP contribution in [-0.4, -0.2) is 25.2 Å². The van der Waals surface area contributed by atoms with E-state index in [9.17, 15) is 0 Å². The van der Waals surface area contributed by atoms with Crippen molar-refractivity contribution in [3.8, 4) is 22.8 Å². The van der Waals surface area contributed by atoms with Gasteiger partial charge in [-0.3, -0.25) is 0 Å². The van der Waals surface area contributed by atoms with Crippen molar-refractivity contribution in [2.24, 2.45) is 0 Å². The standard InChI is InChI=1S/C17H12ClN5O2/c18-13-3-1-12(2-4-13)16-9-19-17(25-16)10-24-15-7-5-14(6-8-15)23-11-20-21-22-23/h1-9,11H,10H2. The summed E-state index contributed by atoms with van der Waals surface area (Å²) in [7, 11) is 0. The van der Waals surface area contributed by atoms with Gasteiger partial charge in [0.05, 0.1) is 11.9 Å². The first-order valence-corrected chi connectivity index (χ1v) is 7.82. The van der Waals surface area contributed by atoms with Crippen LogP contribution in [0.1, 0.15) is 5.89 Å². The lowest BCUT2D eigenvalue weighted by atomic mass is 10.2. The van der Waals surface area contributed by atoms with Crippen molar-refractivity contribution in [2.75, 3.05) is 0 Å². The maximum atomic E-state index is 5.89. The molecule has 8 heteroatoms. The summed E-state index contributed by atoms with van der Waals surface area (Å²) in [5, 5.41) is 11.7. The Balaban J connectivity index is 1.41. The van der Waals surface area contributed by atoms with Gasteiger partial charge in [-0.2, -0.15) is 0 Å². The molecular weight excluding hydrogens is 342 g/mol. The quantitative estimate of drug-likeness (QED) is 0.546. The normalized spacial score (nSPS) is 10.8. The summed E-state index contributed by atoms with van der Waals surface area (Å²) in [6.45, 7) is 0.234. The summed E-state index contributed by atoms with van der Waals surface area (Å²) < 4.78 is 13.0. The lowest BCUT2D eigenvalue weighted by Gasteiger charge is -2.05. The predicted molar refractivity (Wildman–Crippen MR) is 90.4 cm³/mol. The number of halogens is 1. The highest BCUT2D eigenvalue weighted by Gasteiger charge is 2.07. The number of tetrazole rings is 1. The molecule has 2 aromatic heterocycles. The van der Waals surface area contributed by atoms with E-state index in [1.54, 1.807) is 10.9 Å². The van der Waals surface area contributed by atoms with Crippen LogP contribution in [0.15, 0.2) is 65.5 Å². The molecule has 4 rings (SSSR count). The number of oxazole rings is 1. The van der Waals surface area contributed by atoms with E-state index in [4.69, 9.17) is 20.8 Å². The summed E-state index contributed by atoms with van der Waals surface area (Å²) in [5.41, 5.74) is 1.76. The highest BCUT2D eigenvalue weighted by atomic mass is 35.5. The number of hydrogen-bond acceptors (Lipinski definition) is 6. The minimum atomic E-state index is 0.234. The Morgan fingerprint density at radius 3 is 2.56 bits per heavy atom. The van der Waals surface area contributed by atoms with Crippen LogP contribution in [0.4, 0.5) is 0 Å². The van der Waals surface area contributed by atoms with Gasteiger partial charge in [0.1, 0.15) is 12.1 Å². The monoisotopic (exact) mass is 353 g/mol. The molecule has 2 heterocycles. The van der Waals surface area contributed by atoms with Crippen LogP contribution in [-0.2, 0) is 6.61 Å². The van der Waals surface area contributed by atoms with Gasteiger partial charge in [0.2, 0.25) is 5.89 Å². The zero-order valence-corrected chi connectivity index (χ0v) is 13.7. The minimum absolute atomic E-state index is 0.234. The van der Waals surface area contributed by atoms with E-state index in [0.717, 1.165) is 11.3 Å². The molecule has 124 valence electrons. The average Bonchev–Trinajstić information content (AvgIpc) is 3.33. The highest BCUT2D eigenvalue weighted by molar-refractivity contribution is 6.30. The lowest BCUT2D eigenvalue weighted by molar-refractivity contribution is 0.264. The Morgan fingerprint density at radius 1 is 1.04 bits per heavy atom. The molecule has 0 bridgehead atoms. The van der Waals surface area contributed by atoms with Gasteiger partial charge in [-0.15, -0.1) is 5.10 Å². The van der Waals surface area contributed by atoms with E-state index < -0.39 is 0 Å². The fraction of sp³-hybridized carbons (Fsp3) is 0.0588. The Kier molecular flexibility index (Phi) is 4.14. The van der Waals surface area contributed by atoms with Crippen molar-refractivity contribution >= 4 is 11.6 Å². The fourth-order valence-corrected chi connectivity index (χ4v) is 2.37. The van der Waals surface area contributed by atoms with Gasteiger partial charge in [-0.25, -0.2) is 9.67 Å². The van der Waals surface area contributed by atoms with Gasteiger partial charge in [0.15, 0.2) is 12.4 Å². The molecule has 0 N–H and O–H groups in total. The van der Waals surface area contributed by atoms with Crippen molar-refractivity contribution < 1.29 is 9.15 Å². The van der Waals surface area contributed by atoms with Gasteiger partial charge in [-0.05, 0) is 59.0 Å². The number of ether oxygens (including phenoxy) is 1. The summed E-state index contributed by atoms with van der Waals surface area (Å²) in [6, 6.07) is 14.8. The first kappa shape index (κ1) is 15.3. The van der Waals surface area contributed by atoms with Crippen molar-refractivity contribution in [2.45, 2.75) is 6.61 Å². The summed E-state index contributed by atoms with van der Waals surface area (Å²) >= 11 is 5.89. The number of aromatic nitrogens is 5. The number of rotatable bonds is 5. The zero-order chi connectivity index (χ0) is 17.1. The van der Waals surface area contributed by atoms with E-state index in [1.807, 2.05) is 48.5 Å². The molecule has 0 aliphatic rings. The maximum absolute atomic E-state index is 5.89. The Labute approximate surface area is 147 Å². The molecule has 2 aromatic carbocycles. The third kappa shape index (κ3) is 3.51. The third-order valence-electron chi connectivity index (χ3n) is 3.49. The second kappa shape index (κ2) is 6.74. The molecule has 7 nitrogen and oxygen atoms in total. The second-order valence-corrected chi connectivity index (χ2v) is 5.60. The van der Waals surface area contributed by atoms with E-state index in [-0.39, 0.29) is 6.61 Å². The molecule has 25 heavy (non-hydrogen) atoms. The van der Waals surface area contributed by atoms with Crippen molar-refractivity contribution in [1.82, 2.24) is 25.2 Å². The second-order valence-electron chi connectivity index (χ2n) is 5.16. The smallest absolute Gasteiger partial charge is 0.232 e. The molecule has 0 saturated heterocycles. The van der Waals surface area contributed by atoms with Crippen LogP contribution in [0.2, 0.25) is 5.02 Å². The van der Waals surface area contributed by atoms with E-state index in [1.165, 1.54) is 6.33 Å². The SMILES string of the molecule is Clc1ccc(-c2cnc(COc3ccc(-n4cnnn4)cc3)o2)cc1. The molecule has 4 aromatic rings. The largest absolute Gasteiger partial charge is 0.484 e. The van der Waals surface area contributed by atoms with Gasteiger partial charge in [-0.1, -0.05) is 11.6 Å². The molecule has 0 radical (unpaired) electrons. The fourth-order valence-electron chi connectivity index (χ4n) is 2.24. The Hall–Kier alpha value is -3.19. The number of benzene rings is 2. The molecule has 0 atom stereocenters. The predicted octanol–water partition coefficient (Wildman–Crippen LogP) is 3.55. The van der Waals surface area contributed by atoms with Crippen LogP contribution in [0, 0.1) is 0 Å². The third-order valence-corrected chi connectivity index (χ3v) is 3.75. The number of hydrogen-bond donors (Lipinski definition) is 0. The van der Waals surface area contributed by atoms with E-state index in [0.29, 0.717) is 22.4 Å². The number of nitrogens with zero attached hydrogens (tertiary/aromatic N) is 5. The summed E-state index contributed by atoms with van der Waals surface area (Å²) in [4.78, 5) is 4.23. The average molecular weight is 354 g/mol. The molecule has 0 aliphatic carbocycles. The molecular formula is C17H12ClN5O2. The first-order valence-electron chi connectivity index (χ1n) is 7.45. The summed E-state index contributed by atoms with van der Waals surface area (Å²) in [6.07, 6.45) is 3.20. The van der Waals surface area contributed by atoms with Crippen molar-refractivity contribution in [3.05, 3.63) is 72.0 Å². The van der Waals surface area contributed by atoms with Gasteiger partial charge < -0.3 is 9.15 Å². The van der Waals surface area contributed by atoms with Crippen LogP contribution in [0.25, 0.3) is 17.0 Å². The first-order chi connectivity index (χ1) is 12.3. The summed E-state index contributed by atoms with van der Waals surface area (Å²) in [5.74, 6) is 1.86. The topological polar surface area (TPSA) is 78.9 Å². The van der Waals surface area contributed by atoms with Gasteiger partial charge in [0, 0.05) is 10.6 Å². The van der Waals surface area contributed by atoms with Crippen LogP contribution >= 0.6 is 11.6 Å². The van der Waals surface area contributed by atoms with Crippen molar-refractivity contribution in [3.63, 3.8) is 0 Å². The highest BCUT2D eigenvalue weighted by Crippen LogP contribution is 2.23. The molecule has 0 amide bonds. The molecule has 0 spiro atoms. The van der Waals surface area contributed by atoms with Crippen molar-refractivity contribution in [1.29, 1.82) is 0 Å². The van der Waals surface area contributed by atoms with Crippen LogP contribution in [0.3, 0.4) is 0 Å². The molecule has 0 unspecified atom stereocenters. The van der Waals surface area contributed by atoms with Gasteiger partial charge in [0.25, 0.3) is 0 Å². The van der Waals surface area contributed by atoms with Gasteiger partial charge >= 0.3 is 0 Å². The van der Waals surface area contributed by atoms with Crippen LogP contribution in [0.5, 0.6) is 5.75 Å². The lowest BCUT2D eigenvalue weighted by Crippen LogP contribution is -1.97. The zero-order valence-electron chi connectivity index (χ0n) is 12.9. The van der Waals surface area contributed by atoms with E-state index >= 15 is 0 Å². The Bertz CT molecular complexity index is 950. The molecule has 0 fully saturated rings. The maximum Gasteiger partial charge on any atom is 0.232 e. The van der Waals surface area contributed by atoms with E-state index in [2.05, 4.69) is 20.5 Å². The van der Waals surface area contributed by atoms with Crippen LogP contribution < -0.4 is 4.74 Å².